The van der Waals surface area contributed by atoms with Crippen molar-refractivity contribution in [1.29, 1.82) is 0 Å². The van der Waals surface area contributed by atoms with E-state index in [0.29, 0.717) is 35.5 Å². The minimum Gasteiger partial charge on any atom is -0.496 e. The summed E-state index contributed by atoms with van der Waals surface area (Å²) in [5, 5.41) is 12.4. The lowest BCUT2D eigenvalue weighted by Gasteiger charge is -2.26. The molecule has 1 aliphatic heterocycles. The van der Waals surface area contributed by atoms with E-state index in [2.05, 4.69) is 25.4 Å². The first-order valence-corrected chi connectivity index (χ1v) is 14.2. The fourth-order valence-electron chi connectivity index (χ4n) is 5.69. The van der Waals surface area contributed by atoms with Gasteiger partial charge in [0.05, 0.1) is 24.1 Å². The number of halogens is 1. The number of nitrogens with two attached hydrogens (primary N) is 1. The van der Waals surface area contributed by atoms with Crippen molar-refractivity contribution in [3.63, 3.8) is 0 Å². The summed E-state index contributed by atoms with van der Waals surface area (Å²) in [5.74, 6) is -0.367. The summed E-state index contributed by atoms with van der Waals surface area (Å²) in [4.78, 5) is 40.2. The average molecular weight is 599 g/mol. The Labute approximate surface area is 251 Å². The number of aromatic nitrogens is 7. The predicted molar refractivity (Wildman–Crippen MR) is 159 cm³/mol. The number of nitrogens with zero attached hydrogens (tertiary/aromatic N) is 8. The van der Waals surface area contributed by atoms with Gasteiger partial charge in [0.1, 0.15) is 42.1 Å². The van der Waals surface area contributed by atoms with Crippen LogP contribution in [0.5, 0.6) is 5.75 Å². The molecule has 3 aromatic heterocycles. The molecule has 226 valence electrons. The van der Waals surface area contributed by atoms with Crippen LogP contribution in [0.3, 0.4) is 0 Å². The van der Waals surface area contributed by atoms with E-state index < -0.39 is 11.7 Å². The molecule has 13 nitrogen and oxygen atoms in total. The zero-order valence-electron chi connectivity index (χ0n) is 24.2. The van der Waals surface area contributed by atoms with Crippen molar-refractivity contribution in [2.45, 2.75) is 44.8 Å². The van der Waals surface area contributed by atoms with E-state index in [-0.39, 0.29) is 36.0 Å². The zero-order chi connectivity index (χ0) is 30.8. The van der Waals surface area contributed by atoms with Gasteiger partial charge in [-0.2, -0.15) is 14.9 Å². The van der Waals surface area contributed by atoms with Crippen LogP contribution in [0.2, 0.25) is 0 Å². The SMILES string of the molecule is COc1ccc(F)cc1C(=O)NCc1ccc(-c2nn(C(C)CC3CCCN3C(=O)n3cncn3)c3ncnc(N)c23)cc1. The van der Waals surface area contributed by atoms with Crippen LogP contribution in [0.15, 0.2) is 61.4 Å². The second-order valence-corrected chi connectivity index (χ2v) is 10.7. The summed E-state index contributed by atoms with van der Waals surface area (Å²) in [6.07, 6.45) is 6.62. The van der Waals surface area contributed by atoms with Gasteiger partial charge in [-0.1, -0.05) is 24.3 Å². The normalized spacial score (nSPS) is 15.4. The highest BCUT2D eigenvalue weighted by atomic mass is 19.1. The minimum atomic E-state index is -0.523. The molecule has 44 heavy (non-hydrogen) atoms. The lowest BCUT2D eigenvalue weighted by molar-refractivity contribution is 0.0947. The maximum absolute atomic E-state index is 13.7. The predicted octanol–water partition coefficient (Wildman–Crippen LogP) is 3.83. The number of carbonyl (C=O) groups excluding carboxylic acids is 2. The largest absolute Gasteiger partial charge is 0.496 e. The molecule has 0 aliphatic carbocycles. The van der Waals surface area contributed by atoms with E-state index in [0.717, 1.165) is 30.0 Å². The van der Waals surface area contributed by atoms with Gasteiger partial charge < -0.3 is 20.7 Å². The Bertz CT molecular complexity index is 1810. The molecule has 2 atom stereocenters. The van der Waals surface area contributed by atoms with Gasteiger partial charge in [0.15, 0.2) is 5.65 Å². The standard InChI is InChI=1S/C30H31FN10O3/c1-18(12-22-4-3-11-39(22)30(43)40-17-33-15-37-40)41-28-25(27(32)35-16-36-28)26(38-41)20-7-5-19(6-8-20)14-34-29(42)23-13-21(31)9-10-24(23)44-2/h5-10,13,15-18,22H,3-4,11-12,14H2,1-2H3,(H,34,42)(H2,32,35,36). The molecule has 2 aromatic carbocycles. The van der Waals surface area contributed by atoms with Crippen LogP contribution in [0.4, 0.5) is 15.0 Å². The Morgan fingerprint density at radius 2 is 1.98 bits per heavy atom. The highest BCUT2D eigenvalue weighted by molar-refractivity contribution is 5.98. The number of hydrogen-bond acceptors (Lipinski definition) is 9. The van der Waals surface area contributed by atoms with Crippen LogP contribution in [0.25, 0.3) is 22.3 Å². The van der Waals surface area contributed by atoms with Crippen molar-refractivity contribution >= 4 is 28.8 Å². The summed E-state index contributed by atoms with van der Waals surface area (Å²) in [6, 6.07) is 11.0. The number of carbonyl (C=O) groups is 2. The fraction of sp³-hybridized carbons (Fsp3) is 0.300. The number of amides is 2. The lowest BCUT2D eigenvalue weighted by atomic mass is 10.1. The second kappa shape index (κ2) is 12.1. The number of likely N-dealkylation sites (tertiary alicyclic amines) is 1. The highest BCUT2D eigenvalue weighted by Gasteiger charge is 2.32. The van der Waals surface area contributed by atoms with Crippen LogP contribution in [-0.4, -0.2) is 71.0 Å². The molecule has 0 radical (unpaired) electrons. The van der Waals surface area contributed by atoms with Gasteiger partial charge >= 0.3 is 6.03 Å². The molecule has 3 N–H and O–H groups in total. The number of fused-ring (bicyclic) bond motifs is 1. The molecule has 1 aliphatic rings. The molecule has 0 saturated carbocycles. The topological polar surface area (TPSA) is 159 Å². The number of nitrogens with one attached hydrogen (secondary N) is 1. The summed E-state index contributed by atoms with van der Waals surface area (Å²) in [6.45, 7) is 2.92. The number of nitrogen functional groups attached to an aromatic ring is 1. The molecule has 5 aromatic rings. The van der Waals surface area contributed by atoms with E-state index in [1.54, 1.807) is 0 Å². The summed E-state index contributed by atoms with van der Waals surface area (Å²) >= 11 is 0. The zero-order valence-corrected chi connectivity index (χ0v) is 24.2. The Kier molecular flexibility index (Phi) is 7.87. The van der Waals surface area contributed by atoms with Crippen LogP contribution >= 0.6 is 0 Å². The Balaban J connectivity index is 1.21. The smallest absolute Gasteiger partial charge is 0.346 e. The first kappa shape index (κ1) is 28.7. The molecule has 2 amide bonds. The summed E-state index contributed by atoms with van der Waals surface area (Å²) in [7, 11) is 1.43. The van der Waals surface area contributed by atoms with Crippen molar-refractivity contribution < 1.29 is 18.7 Å². The van der Waals surface area contributed by atoms with Crippen molar-refractivity contribution in [2.75, 3.05) is 19.4 Å². The van der Waals surface area contributed by atoms with Crippen molar-refractivity contribution in [2.24, 2.45) is 0 Å². The van der Waals surface area contributed by atoms with Crippen molar-refractivity contribution in [1.82, 2.24) is 44.7 Å². The quantitative estimate of drug-likeness (QED) is 0.271. The molecule has 0 spiro atoms. The number of rotatable bonds is 8. The summed E-state index contributed by atoms with van der Waals surface area (Å²) < 4.78 is 22.0. The van der Waals surface area contributed by atoms with Crippen LogP contribution in [-0.2, 0) is 6.54 Å². The third kappa shape index (κ3) is 5.53. The van der Waals surface area contributed by atoms with Gasteiger partial charge in [0.2, 0.25) is 0 Å². The van der Waals surface area contributed by atoms with E-state index in [1.165, 1.54) is 42.9 Å². The molecule has 6 rings (SSSR count). The molecular weight excluding hydrogens is 567 g/mol. The second-order valence-electron chi connectivity index (χ2n) is 10.7. The number of hydrogen-bond donors (Lipinski definition) is 2. The van der Waals surface area contributed by atoms with Gasteiger partial charge in [-0.25, -0.2) is 28.8 Å². The van der Waals surface area contributed by atoms with Crippen LogP contribution in [0, 0.1) is 5.82 Å². The molecule has 1 saturated heterocycles. The number of methoxy groups -OCH3 is 1. The fourth-order valence-corrected chi connectivity index (χ4v) is 5.69. The monoisotopic (exact) mass is 598 g/mol. The van der Waals surface area contributed by atoms with Gasteiger partial charge in [0, 0.05) is 24.7 Å². The van der Waals surface area contributed by atoms with Gasteiger partial charge in [0.25, 0.3) is 5.91 Å². The average Bonchev–Trinajstić information content (AvgIpc) is 3.81. The van der Waals surface area contributed by atoms with Crippen LogP contribution in [0.1, 0.15) is 48.1 Å². The maximum Gasteiger partial charge on any atom is 0.346 e. The van der Waals surface area contributed by atoms with E-state index >= 15 is 0 Å². The van der Waals surface area contributed by atoms with E-state index in [1.807, 2.05) is 40.8 Å². The maximum atomic E-state index is 13.7. The van der Waals surface area contributed by atoms with Crippen molar-refractivity contribution in [3.8, 4) is 17.0 Å². The first-order chi connectivity index (χ1) is 21.3. The molecule has 0 bridgehead atoms. The number of ether oxygens (including phenoxy) is 1. The molecule has 14 heteroatoms. The lowest BCUT2D eigenvalue weighted by Crippen LogP contribution is -2.39. The van der Waals surface area contributed by atoms with E-state index in [4.69, 9.17) is 15.6 Å². The van der Waals surface area contributed by atoms with E-state index in [9.17, 15) is 14.0 Å². The Morgan fingerprint density at radius 1 is 1.16 bits per heavy atom. The molecular formula is C30H31FN10O3. The van der Waals surface area contributed by atoms with Gasteiger partial charge in [-0.15, -0.1) is 0 Å². The van der Waals surface area contributed by atoms with Crippen molar-refractivity contribution in [3.05, 3.63) is 78.4 Å². The first-order valence-electron chi connectivity index (χ1n) is 14.2. The molecule has 1 fully saturated rings. The highest BCUT2D eigenvalue weighted by Crippen LogP contribution is 2.34. The number of benzene rings is 2. The third-order valence-corrected chi connectivity index (χ3v) is 7.87. The van der Waals surface area contributed by atoms with Crippen LogP contribution < -0.4 is 15.8 Å². The summed E-state index contributed by atoms with van der Waals surface area (Å²) in [5.41, 5.74) is 9.32. The molecule has 4 heterocycles. The van der Waals surface area contributed by atoms with Gasteiger partial charge in [-0.05, 0) is 49.9 Å². The number of anilines is 1. The minimum absolute atomic E-state index is 0.00502. The Hall–Kier alpha value is -5.40. The Morgan fingerprint density at radius 3 is 2.73 bits per heavy atom. The molecule has 2 unspecified atom stereocenters. The third-order valence-electron chi connectivity index (χ3n) is 7.87. The van der Waals surface area contributed by atoms with Gasteiger partial charge in [-0.3, -0.25) is 4.79 Å².